The van der Waals surface area contributed by atoms with Gasteiger partial charge in [-0.3, -0.25) is 4.79 Å². The predicted molar refractivity (Wildman–Crippen MR) is 122 cm³/mol. The zero-order valence-electron chi connectivity index (χ0n) is 17.7. The van der Waals surface area contributed by atoms with E-state index in [1.165, 1.54) is 11.1 Å². The summed E-state index contributed by atoms with van der Waals surface area (Å²) >= 11 is 0. The number of aliphatic carboxylic acids is 1. The standard InChI is InChI=1S/C27H25NO4/c29-26(30)24-16-28(15-14-19(24)18-8-2-1-3-9-18)27(31)32-17-25-22-12-6-4-10-20(22)21-11-5-7-13-23(21)25/h1-13,19,24-25H,14-17H2,(H,29,30)/t19-,24-/m0/s1. The second-order valence-electron chi connectivity index (χ2n) is 8.50. The van der Waals surface area contributed by atoms with Crippen molar-refractivity contribution in [1.29, 1.82) is 0 Å². The molecule has 2 aliphatic rings. The lowest BCUT2D eigenvalue weighted by atomic mass is 9.80. The van der Waals surface area contributed by atoms with Gasteiger partial charge in [0.2, 0.25) is 0 Å². The van der Waals surface area contributed by atoms with E-state index in [0.717, 1.165) is 16.7 Å². The Balaban J connectivity index is 1.29. The molecule has 0 spiro atoms. The van der Waals surface area contributed by atoms with Crippen LogP contribution in [0.15, 0.2) is 78.9 Å². The fraction of sp³-hybridized carbons (Fsp3) is 0.259. The molecule has 0 bridgehead atoms. The first-order chi connectivity index (χ1) is 15.6. The van der Waals surface area contributed by atoms with Crippen molar-refractivity contribution < 1.29 is 19.4 Å². The molecule has 1 saturated heterocycles. The highest BCUT2D eigenvalue weighted by Crippen LogP contribution is 2.44. The summed E-state index contributed by atoms with van der Waals surface area (Å²) in [5.74, 6) is -1.64. The number of fused-ring (bicyclic) bond motifs is 3. The molecule has 32 heavy (non-hydrogen) atoms. The maximum absolute atomic E-state index is 12.9. The molecule has 3 aromatic carbocycles. The summed E-state index contributed by atoms with van der Waals surface area (Å²) in [5.41, 5.74) is 5.69. The van der Waals surface area contributed by atoms with Crippen molar-refractivity contribution in [2.24, 2.45) is 5.92 Å². The van der Waals surface area contributed by atoms with E-state index >= 15 is 0 Å². The fourth-order valence-electron chi connectivity index (χ4n) is 5.15. The van der Waals surface area contributed by atoms with Gasteiger partial charge in [0, 0.05) is 24.9 Å². The number of piperidine rings is 1. The van der Waals surface area contributed by atoms with Crippen LogP contribution >= 0.6 is 0 Å². The Labute approximate surface area is 187 Å². The highest BCUT2D eigenvalue weighted by molar-refractivity contribution is 5.79. The van der Waals surface area contributed by atoms with E-state index in [0.29, 0.717) is 13.0 Å². The SMILES string of the molecule is O=C(O)[C@H]1CN(C(=O)OCC2c3ccccc3-c3ccccc32)CC[C@H]1c1ccccc1. The Bertz CT molecular complexity index is 1100. The first kappa shape index (κ1) is 20.3. The molecule has 3 aromatic rings. The minimum Gasteiger partial charge on any atom is -0.481 e. The molecule has 1 aliphatic carbocycles. The molecule has 0 aromatic heterocycles. The second kappa shape index (κ2) is 8.50. The highest BCUT2D eigenvalue weighted by atomic mass is 16.6. The second-order valence-corrected chi connectivity index (χ2v) is 8.50. The number of amides is 1. The maximum atomic E-state index is 12.9. The number of hydrogen-bond donors (Lipinski definition) is 1. The summed E-state index contributed by atoms with van der Waals surface area (Å²) in [6.07, 6.45) is 0.162. The number of carbonyl (C=O) groups excluding carboxylic acids is 1. The van der Waals surface area contributed by atoms with Crippen LogP contribution in [0.2, 0.25) is 0 Å². The van der Waals surface area contributed by atoms with Crippen molar-refractivity contribution in [3.63, 3.8) is 0 Å². The molecule has 5 rings (SSSR count). The van der Waals surface area contributed by atoms with Crippen LogP contribution < -0.4 is 0 Å². The van der Waals surface area contributed by atoms with E-state index in [2.05, 4.69) is 24.3 Å². The van der Waals surface area contributed by atoms with Gasteiger partial charge in [-0.15, -0.1) is 0 Å². The van der Waals surface area contributed by atoms with Gasteiger partial charge in [-0.2, -0.15) is 0 Å². The largest absolute Gasteiger partial charge is 0.481 e. The lowest BCUT2D eigenvalue weighted by Gasteiger charge is -2.36. The van der Waals surface area contributed by atoms with E-state index in [1.807, 2.05) is 54.6 Å². The summed E-state index contributed by atoms with van der Waals surface area (Å²) in [4.78, 5) is 26.4. The molecule has 1 fully saturated rings. The van der Waals surface area contributed by atoms with Crippen molar-refractivity contribution >= 4 is 12.1 Å². The van der Waals surface area contributed by atoms with Crippen LogP contribution in [0.3, 0.4) is 0 Å². The number of rotatable bonds is 4. The Morgan fingerprint density at radius 3 is 2.09 bits per heavy atom. The quantitative estimate of drug-likeness (QED) is 0.627. The normalized spacial score (nSPS) is 19.8. The molecule has 1 heterocycles. The van der Waals surface area contributed by atoms with Gasteiger partial charge in [0.25, 0.3) is 0 Å². The van der Waals surface area contributed by atoms with Crippen molar-refractivity contribution in [1.82, 2.24) is 4.90 Å². The number of carboxylic acids is 1. The Morgan fingerprint density at radius 1 is 0.875 bits per heavy atom. The van der Waals surface area contributed by atoms with Crippen LogP contribution in [-0.2, 0) is 9.53 Å². The van der Waals surface area contributed by atoms with Crippen molar-refractivity contribution in [3.05, 3.63) is 95.6 Å². The summed E-state index contributed by atoms with van der Waals surface area (Å²) in [5, 5.41) is 9.81. The number of ether oxygens (including phenoxy) is 1. The molecule has 5 heteroatoms. The van der Waals surface area contributed by atoms with Crippen molar-refractivity contribution in [3.8, 4) is 11.1 Å². The number of carboxylic acid groups (broad SMARTS) is 1. The lowest BCUT2D eigenvalue weighted by molar-refractivity contribution is -0.144. The van der Waals surface area contributed by atoms with Gasteiger partial charge in [0.15, 0.2) is 0 Å². The molecule has 1 aliphatic heterocycles. The number of nitrogens with zero attached hydrogens (tertiary/aromatic N) is 1. The van der Waals surface area contributed by atoms with Gasteiger partial charge in [-0.1, -0.05) is 78.9 Å². The fourth-order valence-corrected chi connectivity index (χ4v) is 5.15. The molecular weight excluding hydrogens is 402 g/mol. The van der Waals surface area contributed by atoms with Gasteiger partial charge >= 0.3 is 12.1 Å². The first-order valence-corrected chi connectivity index (χ1v) is 11.0. The Kier molecular flexibility index (Phi) is 5.39. The van der Waals surface area contributed by atoms with Gasteiger partial charge < -0.3 is 14.7 Å². The molecule has 1 amide bonds. The minimum absolute atomic E-state index is 0.0107. The van der Waals surface area contributed by atoms with Crippen LogP contribution in [0.1, 0.15) is 34.9 Å². The van der Waals surface area contributed by atoms with E-state index in [4.69, 9.17) is 4.74 Å². The van der Waals surface area contributed by atoms with Crippen LogP contribution in [0.4, 0.5) is 4.79 Å². The van der Waals surface area contributed by atoms with Crippen LogP contribution in [0.5, 0.6) is 0 Å². The van der Waals surface area contributed by atoms with E-state index < -0.39 is 18.0 Å². The lowest BCUT2D eigenvalue weighted by Crippen LogP contribution is -2.46. The first-order valence-electron chi connectivity index (χ1n) is 11.0. The summed E-state index contributed by atoms with van der Waals surface area (Å²) in [7, 11) is 0. The third kappa shape index (κ3) is 3.64. The average molecular weight is 428 g/mol. The monoisotopic (exact) mass is 427 g/mol. The van der Waals surface area contributed by atoms with Crippen LogP contribution in [-0.4, -0.2) is 41.8 Å². The molecule has 2 atom stereocenters. The molecule has 0 radical (unpaired) electrons. The Morgan fingerprint density at radius 2 is 1.47 bits per heavy atom. The zero-order valence-corrected chi connectivity index (χ0v) is 17.7. The van der Waals surface area contributed by atoms with Gasteiger partial charge in [0.05, 0.1) is 5.92 Å². The third-order valence-corrected chi connectivity index (χ3v) is 6.75. The summed E-state index contributed by atoms with van der Waals surface area (Å²) in [6, 6.07) is 26.1. The molecule has 162 valence electrons. The molecule has 1 N–H and O–H groups in total. The average Bonchev–Trinajstić information content (AvgIpc) is 3.16. The summed E-state index contributed by atoms with van der Waals surface area (Å²) < 4.78 is 5.74. The number of carbonyl (C=O) groups is 2. The summed E-state index contributed by atoms with van der Waals surface area (Å²) in [6.45, 7) is 0.884. The van der Waals surface area contributed by atoms with Crippen molar-refractivity contribution in [2.45, 2.75) is 18.3 Å². The van der Waals surface area contributed by atoms with Crippen LogP contribution in [0, 0.1) is 5.92 Å². The Hall–Kier alpha value is -3.60. The van der Waals surface area contributed by atoms with E-state index in [9.17, 15) is 14.7 Å². The number of likely N-dealkylation sites (tertiary alicyclic amines) is 1. The highest BCUT2D eigenvalue weighted by Gasteiger charge is 2.38. The van der Waals surface area contributed by atoms with Crippen molar-refractivity contribution in [2.75, 3.05) is 19.7 Å². The van der Waals surface area contributed by atoms with Crippen LogP contribution in [0.25, 0.3) is 11.1 Å². The van der Waals surface area contributed by atoms with E-state index in [-0.39, 0.29) is 25.0 Å². The van der Waals surface area contributed by atoms with Gasteiger partial charge in [-0.05, 0) is 34.2 Å². The molecule has 0 unspecified atom stereocenters. The predicted octanol–water partition coefficient (Wildman–Crippen LogP) is 5.13. The topological polar surface area (TPSA) is 66.8 Å². The smallest absolute Gasteiger partial charge is 0.409 e. The zero-order chi connectivity index (χ0) is 22.1. The number of hydrogen-bond acceptors (Lipinski definition) is 3. The molecule has 5 nitrogen and oxygen atoms in total. The van der Waals surface area contributed by atoms with Gasteiger partial charge in [-0.25, -0.2) is 4.79 Å². The minimum atomic E-state index is -0.880. The molecule has 0 saturated carbocycles. The molecular formula is C27H25NO4. The van der Waals surface area contributed by atoms with Gasteiger partial charge in [0.1, 0.15) is 6.61 Å². The van der Waals surface area contributed by atoms with E-state index in [1.54, 1.807) is 4.90 Å². The number of benzene rings is 3. The maximum Gasteiger partial charge on any atom is 0.409 e. The third-order valence-electron chi connectivity index (χ3n) is 6.75.